The van der Waals surface area contributed by atoms with Crippen LogP contribution >= 0.6 is 0 Å². The van der Waals surface area contributed by atoms with Gasteiger partial charge in [-0.05, 0) is 80.9 Å². The first-order chi connectivity index (χ1) is 24.5. The summed E-state index contributed by atoms with van der Waals surface area (Å²) < 4.78 is 2.22. The van der Waals surface area contributed by atoms with Crippen molar-refractivity contribution in [2.45, 2.75) is 19.3 Å². The summed E-state index contributed by atoms with van der Waals surface area (Å²) in [5.74, 6) is 0.671. The number of hydrogen-bond donors (Lipinski definition) is 0. The molecule has 0 atom stereocenters. The molecule has 50 heavy (non-hydrogen) atoms. The van der Waals surface area contributed by atoms with Gasteiger partial charge in [0.25, 0.3) is 0 Å². The number of aromatic nitrogens is 3. The summed E-state index contributed by atoms with van der Waals surface area (Å²) in [4.78, 5) is 10.4. The zero-order chi connectivity index (χ0) is 33.4. The van der Waals surface area contributed by atoms with Crippen LogP contribution in [0.5, 0.6) is 0 Å². The lowest BCUT2D eigenvalue weighted by molar-refractivity contribution is 0.660. The van der Waals surface area contributed by atoms with E-state index in [2.05, 4.69) is 170 Å². The summed E-state index contributed by atoms with van der Waals surface area (Å²) >= 11 is 0. The lowest BCUT2D eigenvalue weighted by atomic mass is 9.81. The number of hydrogen-bond acceptors (Lipinski definition) is 2. The van der Waals surface area contributed by atoms with Gasteiger partial charge in [0.05, 0.1) is 22.2 Å². The normalized spacial score (nSPS) is 13.2. The molecule has 9 aromatic rings. The fraction of sp³-hybridized carbons (Fsp3) is 0.0638. The standard InChI is InChI=1S/C47H33N3/c1-47(2)40-20-9-6-17-35(40)36-25-23-34(29-41(36)47)32-16-12-15-31(27-32)33-24-26-44-39(28-33)37-18-8-11-22-43(37)50(44)46-48-42-21-10-7-19-38(42)45(49-46)30-13-4-3-5-14-30/h3-29H,1-2H3. The minimum absolute atomic E-state index is 0.0323. The Morgan fingerprint density at radius 1 is 0.420 bits per heavy atom. The molecule has 7 aromatic carbocycles. The third-order valence-corrected chi connectivity index (χ3v) is 10.6. The van der Waals surface area contributed by atoms with Gasteiger partial charge in [0, 0.05) is 27.1 Å². The lowest BCUT2D eigenvalue weighted by Gasteiger charge is -2.22. The Balaban J connectivity index is 1.10. The molecule has 1 aliphatic rings. The van der Waals surface area contributed by atoms with E-state index in [0.717, 1.165) is 33.2 Å². The van der Waals surface area contributed by atoms with Crippen molar-refractivity contribution >= 4 is 32.7 Å². The highest BCUT2D eigenvalue weighted by Gasteiger charge is 2.35. The molecule has 0 bridgehead atoms. The smallest absolute Gasteiger partial charge is 0.235 e. The van der Waals surface area contributed by atoms with Crippen molar-refractivity contribution in [3.05, 3.63) is 175 Å². The van der Waals surface area contributed by atoms with E-state index in [1.165, 1.54) is 55.3 Å². The van der Waals surface area contributed by atoms with Gasteiger partial charge in [-0.1, -0.05) is 141 Å². The van der Waals surface area contributed by atoms with Crippen LogP contribution in [0.2, 0.25) is 0 Å². The maximum absolute atomic E-state index is 5.24. The highest BCUT2D eigenvalue weighted by Crippen LogP contribution is 2.49. The van der Waals surface area contributed by atoms with E-state index in [4.69, 9.17) is 9.97 Å². The predicted octanol–water partition coefficient (Wildman–Crippen LogP) is 12.0. The van der Waals surface area contributed by atoms with Crippen LogP contribution < -0.4 is 0 Å². The van der Waals surface area contributed by atoms with E-state index < -0.39 is 0 Å². The Labute approximate surface area is 291 Å². The second-order valence-electron chi connectivity index (χ2n) is 13.9. The molecule has 0 N–H and O–H groups in total. The van der Waals surface area contributed by atoms with Gasteiger partial charge in [0.15, 0.2) is 0 Å². The maximum atomic E-state index is 5.24. The topological polar surface area (TPSA) is 30.7 Å². The van der Waals surface area contributed by atoms with Crippen molar-refractivity contribution in [2.75, 3.05) is 0 Å². The number of benzene rings is 7. The molecule has 1 aliphatic carbocycles. The molecule has 2 heterocycles. The summed E-state index contributed by atoms with van der Waals surface area (Å²) in [5.41, 5.74) is 15.4. The van der Waals surface area contributed by atoms with Gasteiger partial charge in [0.2, 0.25) is 5.95 Å². The molecule has 236 valence electrons. The monoisotopic (exact) mass is 639 g/mol. The van der Waals surface area contributed by atoms with E-state index in [0.29, 0.717) is 5.95 Å². The van der Waals surface area contributed by atoms with Crippen LogP contribution in [0.15, 0.2) is 164 Å². The van der Waals surface area contributed by atoms with Gasteiger partial charge in [0.1, 0.15) is 0 Å². The SMILES string of the molecule is CC1(C)c2ccccc2-c2ccc(-c3cccc(-c4ccc5c(c4)c4ccccc4n5-c4nc(-c5ccccc5)c5ccccc5n4)c3)cc21. The molecule has 0 unspecified atom stereocenters. The van der Waals surface area contributed by atoms with Gasteiger partial charge in [-0.15, -0.1) is 0 Å². The predicted molar refractivity (Wildman–Crippen MR) is 208 cm³/mol. The minimum atomic E-state index is -0.0323. The molecule has 0 spiro atoms. The van der Waals surface area contributed by atoms with Gasteiger partial charge in [-0.25, -0.2) is 9.97 Å². The van der Waals surface area contributed by atoms with Gasteiger partial charge in [-0.2, -0.15) is 0 Å². The van der Waals surface area contributed by atoms with E-state index >= 15 is 0 Å². The van der Waals surface area contributed by atoms with Crippen LogP contribution in [0.25, 0.3) is 83.3 Å². The van der Waals surface area contributed by atoms with E-state index in [1.807, 2.05) is 12.1 Å². The van der Waals surface area contributed by atoms with E-state index in [9.17, 15) is 0 Å². The average molecular weight is 640 g/mol. The van der Waals surface area contributed by atoms with E-state index in [-0.39, 0.29) is 5.41 Å². The Bertz CT molecular complexity index is 2790. The average Bonchev–Trinajstić information content (AvgIpc) is 3.62. The molecule has 0 amide bonds. The Morgan fingerprint density at radius 2 is 1.04 bits per heavy atom. The molecule has 0 saturated heterocycles. The highest BCUT2D eigenvalue weighted by atomic mass is 15.2. The molecular formula is C47H33N3. The molecular weight excluding hydrogens is 607 g/mol. The number of para-hydroxylation sites is 2. The molecule has 0 aliphatic heterocycles. The largest absolute Gasteiger partial charge is 0.278 e. The van der Waals surface area contributed by atoms with Crippen LogP contribution in [-0.4, -0.2) is 14.5 Å². The third-order valence-electron chi connectivity index (χ3n) is 10.6. The van der Waals surface area contributed by atoms with Gasteiger partial charge >= 0.3 is 0 Å². The second kappa shape index (κ2) is 10.8. The Hall–Kier alpha value is -6.32. The Kier molecular flexibility index (Phi) is 6.22. The molecule has 3 nitrogen and oxygen atoms in total. The van der Waals surface area contributed by atoms with Crippen LogP contribution in [0.3, 0.4) is 0 Å². The van der Waals surface area contributed by atoms with Crippen molar-refractivity contribution < 1.29 is 0 Å². The summed E-state index contributed by atoms with van der Waals surface area (Å²) in [6.07, 6.45) is 0. The Morgan fingerprint density at radius 3 is 1.90 bits per heavy atom. The summed E-state index contributed by atoms with van der Waals surface area (Å²) in [5, 5.41) is 3.40. The molecule has 0 radical (unpaired) electrons. The van der Waals surface area contributed by atoms with Crippen molar-refractivity contribution in [1.29, 1.82) is 0 Å². The fourth-order valence-corrected chi connectivity index (χ4v) is 8.11. The van der Waals surface area contributed by atoms with Crippen LogP contribution in [-0.2, 0) is 5.41 Å². The van der Waals surface area contributed by atoms with Gasteiger partial charge in [-0.3, -0.25) is 4.57 Å². The lowest BCUT2D eigenvalue weighted by Crippen LogP contribution is -2.14. The van der Waals surface area contributed by atoms with Crippen molar-refractivity contribution in [3.8, 4) is 50.6 Å². The quantitative estimate of drug-likeness (QED) is 0.192. The zero-order valence-electron chi connectivity index (χ0n) is 27.9. The third kappa shape index (κ3) is 4.30. The maximum Gasteiger partial charge on any atom is 0.235 e. The van der Waals surface area contributed by atoms with E-state index in [1.54, 1.807) is 0 Å². The number of nitrogens with zero attached hydrogens (tertiary/aromatic N) is 3. The minimum Gasteiger partial charge on any atom is -0.278 e. The molecule has 2 aromatic heterocycles. The second-order valence-corrected chi connectivity index (χ2v) is 13.9. The van der Waals surface area contributed by atoms with Crippen molar-refractivity contribution in [1.82, 2.24) is 14.5 Å². The summed E-state index contributed by atoms with van der Waals surface area (Å²) in [6, 6.07) is 58.8. The molecule has 3 heteroatoms. The summed E-state index contributed by atoms with van der Waals surface area (Å²) in [6.45, 7) is 4.68. The van der Waals surface area contributed by atoms with Crippen molar-refractivity contribution in [2.24, 2.45) is 0 Å². The first kappa shape index (κ1) is 28.7. The summed E-state index contributed by atoms with van der Waals surface area (Å²) in [7, 11) is 0. The zero-order valence-corrected chi connectivity index (χ0v) is 27.9. The van der Waals surface area contributed by atoms with Crippen LogP contribution in [0, 0.1) is 0 Å². The molecule has 0 fully saturated rings. The molecule has 10 rings (SSSR count). The van der Waals surface area contributed by atoms with Crippen LogP contribution in [0.4, 0.5) is 0 Å². The fourth-order valence-electron chi connectivity index (χ4n) is 8.11. The van der Waals surface area contributed by atoms with Gasteiger partial charge < -0.3 is 0 Å². The number of fused-ring (bicyclic) bond motifs is 7. The highest BCUT2D eigenvalue weighted by molar-refractivity contribution is 6.10. The van der Waals surface area contributed by atoms with Crippen LogP contribution in [0.1, 0.15) is 25.0 Å². The number of rotatable bonds is 4. The first-order valence-corrected chi connectivity index (χ1v) is 17.3. The van der Waals surface area contributed by atoms with Crippen molar-refractivity contribution in [3.63, 3.8) is 0 Å². The molecule has 0 saturated carbocycles. The first-order valence-electron chi connectivity index (χ1n) is 17.3.